The molecule has 2 aliphatic rings. The first kappa shape index (κ1) is 23.6. The van der Waals surface area contributed by atoms with E-state index in [1.165, 1.54) is 49.7 Å². The minimum atomic E-state index is -0.167. The smallest absolute Gasteiger partial charge is 0.0588 e. The Kier molecular flexibility index (Phi) is 5.35. The predicted molar refractivity (Wildman–Crippen MR) is 161 cm³/mol. The van der Waals surface area contributed by atoms with Crippen molar-refractivity contribution in [1.29, 1.82) is 0 Å². The van der Waals surface area contributed by atoms with Crippen LogP contribution in [0, 0.1) is 0 Å². The van der Waals surface area contributed by atoms with Crippen LogP contribution in [-0.4, -0.2) is 20.1 Å². The van der Waals surface area contributed by atoms with E-state index >= 15 is 0 Å². The number of hydrogen-bond donors (Lipinski definition) is 0. The number of hydrogen-bond acceptors (Lipinski definition) is 2. The zero-order valence-electron chi connectivity index (χ0n) is 22.5. The zero-order valence-corrected chi connectivity index (χ0v) is 22.5. The van der Waals surface area contributed by atoms with Gasteiger partial charge in [-0.25, -0.2) is 0 Å². The van der Waals surface area contributed by atoms with E-state index in [-0.39, 0.29) is 16.9 Å². The Bertz CT molecular complexity index is 1590. The molecule has 2 heterocycles. The molecule has 0 bridgehead atoms. The molecule has 0 fully saturated rings. The van der Waals surface area contributed by atoms with Gasteiger partial charge in [0.15, 0.2) is 0 Å². The molecule has 2 aliphatic heterocycles. The Balaban J connectivity index is 1.59. The van der Waals surface area contributed by atoms with Crippen molar-refractivity contribution in [3.63, 3.8) is 0 Å². The minimum Gasteiger partial charge on any atom is -0.367 e. The lowest BCUT2D eigenvalue weighted by atomic mass is 9.71. The lowest BCUT2D eigenvalue weighted by molar-refractivity contribution is 0.443. The van der Waals surface area contributed by atoms with Crippen LogP contribution in [-0.2, 0) is 10.8 Å². The molecule has 37 heavy (non-hydrogen) atoms. The van der Waals surface area contributed by atoms with Crippen LogP contribution in [0.15, 0.2) is 110 Å². The maximum atomic E-state index is 4.19. The van der Waals surface area contributed by atoms with Crippen LogP contribution in [0.3, 0.4) is 0 Å². The highest BCUT2D eigenvalue weighted by atomic mass is 15.2. The first-order valence-corrected chi connectivity index (χ1v) is 13.3. The Morgan fingerprint density at radius 3 is 1.92 bits per heavy atom. The molecule has 2 heteroatoms. The molecule has 0 radical (unpaired) electrons. The van der Waals surface area contributed by atoms with Crippen molar-refractivity contribution in [2.24, 2.45) is 0 Å². The second-order valence-corrected chi connectivity index (χ2v) is 11.3. The lowest BCUT2D eigenvalue weighted by Gasteiger charge is -2.36. The van der Waals surface area contributed by atoms with E-state index < -0.39 is 0 Å². The fourth-order valence-electron chi connectivity index (χ4n) is 7.39. The average molecular weight is 485 g/mol. The van der Waals surface area contributed by atoms with Gasteiger partial charge in [0.2, 0.25) is 0 Å². The SMILES string of the molecule is C=CCC1(C)/C(=C\C2N(C)c3ccc4ccccc4c3C2(C)CC=C)N(C)c2ccc3ccccc3c21. The van der Waals surface area contributed by atoms with Crippen molar-refractivity contribution in [3.8, 4) is 0 Å². The fraction of sp³-hybridized carbons (Fsp3) is 0.257. The minimum absolute atomic E-state index is 0.105. The van der Waals surface area contributed by atoms with Gasteiger partial charge in [-0.2, -0.15) is 0 Å². The third kappa shape index (κ3) is 3.18. The molecule has 3 atom stereocenters. The number of allylic oxidation sites excluding steroid dienone is 3. The van der Waals surface area contributed by atoms with Gasteiger partial charge < -0.3 is 9.80 Å². The first-order valence-electron chi connectivity index (χ1n) is 13.3. The summed E-state index contributed by atoms with van der Waals surface area (Å²) in [5.74, 6) is 0. The van der Waals surface area contributed by atoms with Crippen molar-refractivity contribution >= 4 is 32.9 Å². The van der Waals surface area contributed by atoms with Gasteiger partial charge in [0.1, 0.15) is 0 Å². The van der Waals surface area contributed by atoms with Crippen LogP contribution in [0.5, 0.6) is 0 Å². The van der Waals surface area contributed by atoms with Crippen LogP contribution in [0.2, 0.25) is 0 Å². The Labute approximate surface area is 221 Å². The summed E-state index contributed by atoms with van der Waals surface area (Å²) >= 11 is 0. The van der Waals surface area contributed by atoms with Crippen molar-refractivity contribution in [2.75, 3.05) is 23.9 Å². The summed E-state index contributed by atoms with van der Waals surface area (Å²) in [6.45, 7) is 13.2. The van der Waals surface area contributed by atoms with Crippen LogP contribution in [0.25, 0.3) is 21.5 Å². The lowest BCUT2D eigenvalue weighted by Crippen LogP contribution is -2.41. The van der Waals surface area contributed by atoms with E-state index in [0.717, 1.165) is 12.8 Å². The molecule has 0 amide bonds. The van der Waals surface area contributed by atoms with Crippen molar-refractivity contribution < 1.29 is 0 Å². The number of nitrogens with zero attached hydrogens (tertiary/aromatic N) is 2. The third-order valence-electron chi connectivity index (χ3n) is 9.11. The maximum absolute atomic E-state index is 4.19. The summed E-state index contributed by atoms with van der Waals surface area (Å²) in [6.07, 6.45) is 8.53. The number of benzene rings is 4. The number of fused-ring (bicyclic) bond motifs is 6. The molecule has 0 aromatic heterocycles. The second-order valence-electron chi connectivity index (χ2n) is 11.3. The van der Waals surface area contributed by atoms with Gasteiger partial charge in [0, 0.05) is 42.0 Å². The Morgan fingerprint density at radius 1 is 0.730 bits per heavy atom. The van der Waals surface area contributed by atoms with Crippen molar-refractivity contribution in [3.05, 3.63) is 121 Å². The van der Waals surface area contributed by atoms with Crippen LogP contribution >= 0.6 is 0 Å². The molecular formula is C35H36N2. The van der Waals surface area contributed by atoms with Gasteiger partial charge in [-0.3, -0.25) is 0 Å². The van der Waals surface area contributed by atoms with E-state index in [1.54, 1.807) is 0 Å². The van der Waals surface area contributed by atoms with E-state index in [1.807, 2.05) is 0 Å². The maximum Gasteiger partial charge on any atom is 0.0588 e. The highest BCUT2D eigenvalue weighted by Gasteiger charge is 2.49. The average Bonchev–Trinajstić information content (AvgIpc) is 3.25. The van der Waals surface area contributed by atoms with Gasteiger partial charge in [-0.05, 0) is 70.6 Å². The standard InChI is InChI=1S/C35H36N2/c1-7-21-34(3)30(36(5)28-19-17-24-13-9-11-15-26(24)32(28)34)23-31-35(4,22-8-2)33-27-16-12-10-14-25(27)18-20-29(33)37(31)6/h7-20,23,30H,1-2,21-22H2,3-6H3/b31-23+. The molecule has 4 aromatic rings. The van der Waals surface area contributed by atoms with E-state index in [4.69, 9.17) is 0 Å². The van der Waals surface area contributed by atoms with E-state index in [0.29, 0.717) is 0 Å². The van der Waals surface area contributed by atoms with Gasteiger partial charge >= 0.3 is 0 Å². The normalized spacial score (nSPS) is 25.6. The Hall–Kier alpha value is -3.78. The number of anilines is 2. The molecule has 0 N–H and O–H groups in total. The number of rotatable bonds is 5. The summed E-state index contributed by atoms with van der Waals surface area (Å²) < 4.78 is 0. The topological polar surface area (TPSA) is 6.48 Å². The molecule has 0 saturated heterocycles. The summed E-state index contributed by atoms with van der Waals surface area (Å²) in [7, 11) is 4.49. The molecule has 186 valence electrons. The second kappa shape index (κ2) is 8.38. The van der Waals surface area contributed by atoms with Gasteiger partial charge in [0.05, 0.1) is 6.04 Å². The Morgan fingerprint density at radius 2 is 1.30 bits per heavy atom. The van der Waals surface area contributed by atoms with Crippen molar-refractivity contribution in [1.82, 2.24) is 0 Å². The molecule has 4 aromatic carbocycles. The van der Waals surface area contributed by atoms with Gasteiger partial charge in [-0.1, -0.05) is 79.7 Å². The molecular weight excluding hydrogens is 448 g/mol. The van der Waals surface area contributed by atoms with Crippen LogP contribution < -0.4 is 9.80 Å². The zero-order chi connectivity index (χ0) is 25.9. The van der Waals surface area contributed by atoms with E-state index in [9.17, 15) is 0 Å². The largest absolute Gasteiger partial charge is 0.367 e. The molecule has 6 rings (SSSR count). The summed E-state index contributed by atoms with van der Waals surface area (Å²) in [4.78, 5) is 4.91. The number of likely N-dealkylation sites (N-methyl/N-ethyl adjacent to an activating group) is 2. The third-order valence-corrected chi connectivity index (χ3v) is 9.11. The van der Waals surface area contributed by atoms with Gasteiger partial charge in [-0.15, -0.1) is 13.2 Å². The van der Waals surface area contributed by atoms with Crippen LogP contribution in [0.4, 0.5) is 11.4 Å². The molecule has 0 saturated carbocycles. The fourth-order valence-corrected chi connectivity index (χ4v) is 7.39. The van der Waals surface area contributed by atoms with Crippen LogP contribution in [0.1, 0.15) is 37.8 Å². The summed E-state index contributed by atoms with van der Waals surface area (Å²) in [6, 6.07) is 26.9. The molecule has 3 unspecified atom stereocenters. The molecule has 0 aliphatic carbocycles. The summed E-state index contributed by atoms with van der Waals surface area (Å²) in [5, 5.41) is 5.27. The highest BCUT2D eigenvalue weighted by molar-refractivity contribution is 5.96. The molecule has 0 spiro atoms. The van der Waals surface area contributed by atoms with E-state index in [2.05, 4.69) is 142 Å². The quantitative estimate of drug-likeness (QED) is 0.262. The van der Waals surface area contributed by atoms with Crippen molar-refractivity contribution in [2.45, 2.75) is 43.6 Å². The highest BCUT2D eigenvalue weighted by Crippen LogP contribution is 2.55. The van der Waals surface area contributed by atoms with Gasteiger partial charge in [0.25, 0.3) is 0 Å². The molecule has 2 nitrogen and oxygen atoms in total. The predicted octanol–water partition coefficient (Wildman–Crippen LogP) is 8.51. The monoisotopic (exact) mass is 484 g/mol. The summed E-state index contributed by atoms with van der Waals surface area (Å²) in [5.41, 5.74) is 6.54. The first-order chi connectivity index (χ1) is 17.8.